The maximum absolute atomic E-state index is 12.0. The smallest absolute Gasteiger partial charge is 0.347 e. The third-order valence-corrected chi connectivity index (χ3v) is 5.15. The van der Waals surface area contributed by atoms with Crippen molar-refractivity contribution in [1.29, 1.82) is 5.26 Å². The lowest BCUT2D eigenvalue weighted by atomic mass is 10.0. The zero-order valence-electron chi connectivity index (χ0n) is 15.1. The molecule has 0 saturated heterocycles. The van der Waals surface area contributed by atoms with E-state index in [4.69, 9.17) is 21.6 Å². The second kappa shape index (κ2) is 6.63. The lowest BCUT2D eigenvalue weighted by Gasteiger charge is -2.08. The van der Waals surface area contributed by atoms with Gasteiger partial charge in [0.15, 0.2) is 0 Å². The van der Waals surface area contributed by atoms with Crippen LogP contribution < -0.4 is 0 Å². The zero-order valence-corrected chi connectivity index (χ0v) is 15.9. The molecule has 7 heteroatoms. The minimum Gasteiger partial charge on any atom is -0.386 e. The summed E-state index contributed by atoms with van der Waals surface area (Å²) in [7, 11) is 0. The lowest BCUT2D eigenvalue weighted by molar-refractivity contribution is 0.0443. The number of aryl methyl sites for hydroxylation is 1. The van der Waals surface area contributed by atoms with Crippen molar-refractivity contribution in [2.75, 3.05) is 0 Å². The van der Waals surface area contributed by atoms with Crippen LogP contribution >= 0.6 is 11.6 Å². The molecule has 0 atom stereocenters. The fourth-order valence-corrected chi connectivity index (χ4v) is 3.75. The summed E-state index contributed by atoms with van der Waals surface area (Å²) < 4.78 is 6.51. The molecule has 138 valence electrons. The van der Waals surface area contributed by atoms with Crippen LogP contribution in [0.15, 0.2) is 36.4 Å². The molecule has 1 aliphatic rings. The van der Waals surface area contributed by atoms with Gasteiger partial charge in [-0.25, -0.2) is 9.59 Å². The van der Waals surface area contributed by atoms with Crippen molar-refractivity contribution in [2.45, 2.75) is 20.4 Å². The highest BCUT2D eigenvalue weighted by Crippen LogP contribution is 2.31. The number of carbonyl (C=O) groups is 2. The van der Waals surface area contributed by atoms with Gasteiger partial charge in [-0.1, -0.05) is 29.8 Å². The van der Waals surface area contributed by atoms with E-state index in [1.165, 1.54) is 0 Å². The van der Waals surface area contributed by atoms with Crippen molar-refractivity contribution in [3.05, 3.63) is 75.1 Å². The number of carbonyl (C=O) groups excluding carboxylic acids is 2. The Hall–Kier alpha value is -3.43. The van der Waals surface area contributed by atoms with Crippen molar-refractivity contribution in [1.82, 2.24) is 9.78 Å². The number of fused-ring (bicyclic) bond motifs is 1. The molecule has 0 N–H and O–H groups in total. The van der Waals surface area contributed by atoms with E-state index in [2.05, 4.69) is 5.10 Å². The molecule has 0 radical (unpaired) electrons. The van der Waals surface area contributed by atoms with Gasteiger partial charge in [0.05, 0.1) is 34.0 Å². The first kappa shape index (κ1) is 18.0. The average molecular weight is 392 g/mol. The van der Waals surface area contributed by atoms with Crippen LogP contribution in [0.4, 0.5) is 0 Å². The highest BCUT2D eigenvalue weighted by Gasteiger charge is 2.32. The third-order valence-electron chi connectivity index (χ3n) is 4.84. The molecule has 0 bridgehead atoms. The molecular weight excluding hydrogens is 378 g/mol. The minimum atomic E-state index is -0.628. The Kier molecular flexibility index (Phi) is 4.25. The third kappa shape index (κ3) is 2.77. The molecule has 3 aromatic rings. The van der Waals surface area contributed by atoms with Crippen LogP contribution in [0, 0.1) is 25.2 Å². The van der Waals surface area contributed by atoms with Gasteiger partial charge in [-0.15, -0.1) is 0 Å². The Morgan fingerprint density at radius 1 is 1.14 bits per heavy atom. The van der Waals surface area contributed by atoms with Gasteiger partial charge in [-0.05, 0) is 43.2 Å². The van der Waals surface area contributed by atoms with Crippen molar-refractivity contribution in [3.63, 3.8) is 0 Å². The van der Waals surface area contributed by atoms with Crippen LogP contribution in [0.2, 0.25) is 5.02 Å². The highest BCUT2D eigenvalue weighted by atomic mass is 35.5. The first-order valence-corrected chi connectivity index (χ1v) is 8.91. The van der Waals surface area contributed by atoms with Gasteiger partial charge in [0.25, 0.3) is 0 Å². The standard InChI is InChI=1S/C21H14ClN3O3/c1-11-18(13-6-7-14(9-23)17(22)8-13)12(2)25(24-11)10-15-4-3-5-16-19(15)21(27)28-20(16)26/h3-8H,10H2,1-2H3. The number of hydrogen-bond donors (Lipinski definition) is 0. The summed E-state index contributed by atoms with van der Waals surface area (Å²) in [6.45, 7) is 4.13. The van der Waals surface area contributed by atoms with Crippen LogP contribution in [-0.2, 0) is 11.3 Å². The number of ether oxygens (including phenoxy) is 1. The first-order chi connectivity index (χ1) is 13.4. The van der Waals surface area contributed by atoms with Gasteiger partial charge in [0.1, 0.15) is 6.07 Å². The van der Waals surface area contributed by atoms with E-state index >= 15 is 0 Å². The molecule has 2 heterocycles. The quantitative estimate of drug-likeness (QED) is 0.496. The Morgan fingerprint density at radius 2 is 1.93 bits per heavy atom. The number of esters is 2. The number of benzene rings is 2. The molecule has 2 aromatic carbocycles. The Balaban J connectivity index is 1.76. The first-order valence-electron chi connectivity index (χ1n) is 8.53. The molecule has 0 unspecified atom stereocenters. The van der Waals surface area contributed by atoms with Crippen molar-refractivity contribution >= 4 is 23.5 Å². The van der Waals surface area contributed by atoms with E-state index in [-0.39, 0.29) is 5.56 Å². The number of nitrogens with zero attached hydrogens (tertiary/aromatic N) is 3. The minimum absolute atomic E-state index is 0.281. The van der Waals surface area contributed by atoms with Crippen LogP contribution in [-0.4, -0.2) is 21.7 Å². The molecule has 0 fully saturated rings. The fraction of sp³-hybridized carbons (Fsp3) is 0.143. The summed E-state index contributed by atoms with van der Waals surface area (Å²) in [5.41, 5.74) is 5.11. The van der Waals surface area contributed by atoms with Gasteiger partial charge in [-0.2, -0.15) is 10.4 Å². The topological polar surface area (TPSA) is 85.0 Å². The summed E-state index contributed by atoms with van der Waals surface area (Å²) in [5.74, 6) is -1.25. The Labute approximate surface area is 165 Å². The average Bonchev–Trinajstić information content (AvgIpc) is 3.11. The monoisotopic (exact) mass is 391 g/mol. The molecule has 6 nitrogen and oxygen atoms in total. The van der Waals surface area contributed by atoms with E-state index in [1.807, 2.05) is 26.0 Å². The molecule has 4 rings (SSSR count). The Morgan fingerprint density at radius 3 is 2.64 bits per heavy atom. The molecule has 1 aromatic heterocycles. The SMILES string of the molecule is Cc1nn(Cc2cccc3c2C(=O)OC3=O)c(C)c1-c1ccc(C#N)c(Cl)c1. The van der Waals surface area contributed by atoms with E-state index in [9.17, 15) is 9.59 Å². The predicted octanol–water partition coefficient (Wildman–Crippen LogP) is 4.05. The van der Waals surface area contributed by atoms with Crippen LogP contribution in [0.3, 0.4) is 0 Å². The summed E-state index contributed by atoms with van der Waals surface area (Å²) in [5, 5.41) is 14.0. The Bertz CT molecular complexity index is 1200. The van der Waals surface area contributed by atoms with Crippen molar-refractivity contribution in [2.24, 2.45) is 0 Å². The zero-order chi connectivity index (χ0) is 20.0. The molecule has 0 aliphatic carbocycles. The van der Waals surface area contributed by atoms with Gasteiger partial charge >= 0.3 is 11.9 Å². The highest BCUT2D eigenvalue weighted by molar-refractivity contribution is 6.32. The molecule has 28 heavy (non-hydrogen) atoms. The maximum atomic E-state index is 12.0. The van der Waals surface area contributed by atoms with Crippen molar-refractivity contribution < 1.29 is 14.3 Å². The van der Waals surface area contributed by atoms with E-state index < -0.39 is 11.9 Å². The second-order valence-electron chi connectivity index (χ2n) is 6.53. The summed E-state index contributed by atoms with van der Waals surface area (Å²) in [4.78, 5) is 23.8. The largest absolute Gasteiger partial charge is 0.386 e. The molecule has 0 spiro atoms. The fourth-order valence-electron chi connectivity index (χ4n) is 3.52. The van der Waals surface area contributed by atoms with Gasteiger partial charge in [-0.3, -0.25) is 4.68 Å². The molecule has 1 aliphatic heterocycles. The molecular formula is C21H14ClN3O3. The van der Waals surface area contributed by atoms with Gasteiger partial charge < -0.3 is 4.74 Å². The molecule has 0 saturated carbocycles. The predicted molar refractivity (Wildman–Crippen MR) is 102 cm³/mol. The van der Waals surface area contributed by atoms with E-state index in [0.29, 0.717) is 28.3 Å². The summed E-state index contributed by atoms with van der Waals surface area (Å²) in [6, 6.07) is 12.4. The van der Waals surface area contributed by atoms with Crippen molar-refractivity contribution in [3.8, 4) is 17.2 Å². The number of hydrogen-bond acceptors (Lipinski definition) is 5. The number of rotatable bonds is 3. The number of aromatic nitrogens is 2. The van der Waals surface area contributed by atoms with Gasteiger partial charge in [0.2, 0.25) is 0 Å². The van der Waals surface area contributed by atoms with E-state index in [1.54, 1.807) is 35.0 Å². The van der Waals surface area contributed by atoms with E-state index in [0.717, 1.165) is 22.5 Å². The number of halogens is 1. The summed E-state index contributed by atoms with van der Waals surface area (Å²) in [6.07, 6.45) is 0. The van der Waals surface area contributed by atoms with Crippen LogP contribution in [0.25, 0.3) is 11.1 Å². The maximum Gasteiger partial charge on any atom is 0.347 e. The number of cyclic esters (lactones) is 2. The summed E-state index contributed by atoms with van der Waals surface area (Å²) >= 11 is 6.18. The normalized spacial score (nSPS) is 12.6. The number of nitriles is 1. The van der Waals surface area contributed by atoms with Gasteiger partial charge in [0, 0.05) is 11.3 Å². The van der Waals surface area contributed by atoms with Crippen LogP contribution in [0.1, 0.15) is 43.2 Å². The van der Waals surface area contributed by atoms with Crippen LogP contribution in [0.5, 0.6) is 0 Å². The lowest BCUT2D eigenvalue weighted by Crippen LogP contribution is -2.08. The second-order valence-corrected chi connectivity index (χ2v) is 6.93. The molecule has 0 amide bonds.